The molecule has 0 aliphatic carbocycles. The summed E-state index contributed by atoms with van der Waals surface area (Å²) in [5, 5.41) is 14.5. The molecule has 0 amide bonds. The van der Waals surface area contributed by atoms with E-state index in [2.05, 4.69) is 11.2 Å². The van der Waals surface area contributed by atoms with Crippen LogP contribution in [0.3, 0.4) is 0 Å². The molecule has 2 aromatic heterocycles. The van der Waals surface area contributed by atoms with E-state index in [1.165, 1.54) is 0 Å². The van der Waals surface area contributed by atoms with E-state index in [1.807, 2.05) is 37.0 Å². The van der Waals surface area contributed by atoms with Gasteiger partial charge >= 0.3 is 5.97 Å². The van der Waals surface area contributed by atoms with Gasteiger partial charge in [-0.05, 0) is 31.2 Å². The molecule has 3 rings (SSSR count). The second-order valence-corrected chi connectivity index (χ2v) is 6.05. The number of aryl methyl sites for hydroxylation is 1. The van der Waals surface area contributed by atoms with Crippen molar-refractivity contribution in [1.82, 2.24) is 14.3 Å². The zero-order valence-electron chi connectivity index (χ0n) is 12.0. The lowest BCUT2D eigenvalue weighted by Crippen LogP contribution is -2.04. The number of benzene rings is 1. The van der Waals surface area contributed by atoms with Gasteiger partial charge in [0.25, 0.3) is 0 Å². The highest BCUT2D eigenvalue weighted by Gasteiger charge is 2.15. The Kier molecular flexibility index (Phi) is 3.25. The summed E-state index contributed by atoms with van der Waals surface area (Å²) in [7, 11) is 3.68. The van der Waals surface area contributed by atoms with E-state index in [0.717, 1.165) is 26.4 Å². The third-order valence-corrected chi connectivity index (χ3v) is 4.78. The Morgan fingerprint density at radius 3 is 2.71 bits per heavy atom. The molecule has 0 radical (unpaired) electrons. The molecule has 0 saturated heterocycles. The van der Waals surface area contributed by atoms with Crippen LogP contribution in [-0.2, 0) is 14.1 Å². The molecule has 3 aromatic rings. The standard InChI is InChI=1S/C15H15N3O2S/c1-9-14(7-13(15(19)20)17(9)2)21-11-4-5-12-10(6-11)8-16-18(12)3/h4-8H,1-3H3,(H,19,20). The minimum atomic E-state index is -0.907. The van der Waals surface area contributed by atoms with E-state index >= 15 is 0 Å². The van der Waals surface area contributed by atoms with Gasteiger partial charge in [-0.1, -0.05) is 11.8 Å². The van der Waals surface area contributed by atoms with E-state index < -0.39 is 5.97 Å². The van der Waals surface area contributed by atoms with Gasteiger partial charge in [-0.15, -0.1) is 0 Å². The van der Waals surface area contributed by atoms with E-state index in [1.54, 1.807) is 29.4 Å². The Bertz CT molecular complexity index is 848. The molecule has 108 valence electrons. The monoisotopic (exact) mass is 301 g/mol. The number of carboxylic acids is 1. The second-order valence-electron chi connectivity index (χ2n) is 4.93. The smallest absolute Gasteiger partial charge is 0.352 e. The third kappa shape index (κ3) is 2.31. The zero-order valence-corrected chi connectivity index (χ0v) is 12.8. The van der Waals surface area contributed by atoms with Crippen LogP contribution < -0.4 is 0 Å². The molecule has 21 heavy (non-hydrogen) atoms. The van der Waals surface area contributed by atoms with Crippen molar-refractivity contribution in [2.75, 3.05) is 0 Å². The van der Waals surface area contributed by atoms with Gasteiger partial charge in [0.15, 0.2) is 0 Å². The summed E-state index contributed by atoms with van der Waals surface area (Å²) in [6.07, 6.45) is 1.83. The summed E-state index contributed by atoms with van der Waals surface area (Å²) in [5.41, 5.74) is 2.33. The fourth-order valence-corrected chi connectivity index (χ4v) is 3.34. The number of hydrogen-bond donors (Lipinski definition) is 1. The molecule has 5 nitrogen and oxygen atoms in total. The number of hydrogen-bond acceptors (Lipinski definition) is 3. The van der Waals surface area contributed by atoms with Crippen LogP contribution in [0.1, 0.15) is 16.2 Å². The van der Waals surface area contributed by atoms with Crippen LogP contribution in [-0.4, -0.2) is 25.4 Å². The van der Waals surface area contributed by atoms with Crippen molar-refractivity contribution in [3.05, 3.63) is 41.9 Å². The van der Waals surface area contributed by atoms with Gasteiger partial charge in [-0.25, -0.2) is 4.79 Å². The van der Waals surface area contributed by atoms with Gasteiger partial charge in [0, 0.05) is 35.0 Å². The summed E-state index contributed by atoms with van der Waals surface area (Å²) in [6.45, 7) is 1.93. The number of rotatable bonds is 3. The fourth-order valence-electron chi connectivity index (χ4n) is 2.31. The first kappa shape index (κ1) is 13.8. The minimum absolute atomic E-state index is 0.303. The van der Waals surface area contributed by atoms with Crippen molar-refractivity contribution < 1.29 is 9.90 Å². The van der Waals surface area contributed by atoms with Crippen LogP contribution in [0, 0.1) is 6.92 Å². The van der Waals surface area contributed by atoms with Gasteiger partial charge in [0.1, 0.15) is 5.69 Å². The fraction of sp³-hybridized carbons (Fsp3) is 0.200. The highest BCUT2D eigenvalue weighted by atomic mass is 32.2. The largest absolute Gasteiger partial charge is 0.477 e. The molecule has 0 saturated carbocycles. The molecule has 6 heteroatoms. The molecular formula is C15H15N3O2S. The van der Waals surface area contributed by atoms with Crippen molar-refractivity contribution in [3.8, 4) is 0 Å². The van der Waals surface area contributed by atoms with Gasteiger partial charge in [0.2, 0.25) is 0 Å². The van der Waals surface area contributed by atoms with E-state index in [4.69, 9.17) is 0 Å². The average molecular weight is 301 g/mol. The molecule has 1 aromatic carbocycles. The normalized spacial score (nSPS) is 11.2. The van der Waals surface area contributed by atoms with Gasteiger partial charge in [-0.3, -0.25) is 4.68 Å². The topological polar surface area (TPSA) is 60.1 Å². The number of aromatic carboxylic acids is 1. The van der Waals surface area contributed by atoms with Gasteiger partial charge in [-0.2, -0.15) is 5.10 Å². The SMILES string of the molecule is Cc1c(Sc2ccc3c(cnn3C)c2)cc(C(=O)O)n1C. The highest BCUT2D eigenvalue weighted by molar-refractivity contribution is 7.99. The molecule has 0 aliphatic rings. The van der Waals surface area contributed by atoms with Crippen molar-refractivity contribution in [2.24, 2.45) is 14.1 Å². The van der Waals surface area contributed by atoms with Crippen LogP contribution in [0.15, 0.2) is 40.3 Å². The Labute approximate surface area is 126 Å². The summed E-state index contributed by atoms with van der Waals surface area (Å²) in [6, 6.07) is 7.85. The van der Waals surface area contributed by atoms with Gasteiger partial charge in [0.05, 0.1) is 11.7 Å². The minimum Gasteiger partial charge on any atom is -0.477 e. The van der Waals surface area contributed by atoms with Crippen LogP contribution >= 0.6 is 11.8 Å². The Balaban J connectivity index is 1.98. The molecule has 0 aliphatic heterocycles. The Morgan fingerprint density at radius 2 is 2.05 bits per heavy atom. The number of carbonyl (C=O) groups is 1. The number of aromatic nitrogens is 3. The summed E-state index contributed by atoms with van der Waals surface area (Å²) < 4.78 is 3.54. The van der Waals surface area contributed by atoms with Crippen molar-refractivity contribution >= 4 is 28.6 Å². The first-order valence-electron chi connectivity index (χ1n) is 6.46. The lowest BCUT2D eigenvalue weighted by atomic mass is 10.2. The highest BCUT2D eigenvalue weighted by Crippen LogP contribution is 2.33. The maximum absolute atomic E-state index is 11.2. The number of nitrogens with zero attached hydrogens (tertiary/aromatic N) is 3. The summed E-state index contributed by atoms with van der Waals surface area (Å²) >= 11 is 1.57. The van der Waals surface area contributed by atoms with E-state index in [0.29, 0.717) is 5.69 Å². The molecular weight excluding hydrogens is 286 g/mol. The van der Waals surface area contributed by atoms with Crippen molar-refractivity contribution in [1.29, 1.82) is 0 Å². The zero-order chi connectivity index (χ0) is 15.1. The van der Waals surface area contributed by atoms with Crippen LogP contribution in [0.5, 0.6) is 0 Å². The molecule has 0 bridgehead atoms. The summed E-state index contributed by atoms with van der Waals surface area (Å²) in [5.74, 6) is -0.907. The quantitative estimate of drug-likeness (QED) is 0.807. The summed E-state index contributed by atoms with van der Waals surface area (Å²) in [4.78, 5) is 13.2. The number of fused-ring (bicyclic) bond motifs is 1. The van der Waals surface area contributed by atoms with E-state index in [-0.39, 0.29) is 0 Å². The van der Waals surface area contributed by atoms with Crippen LogP contribution in [0.2, 0.25) is 0 Å². The van der Waals surface area contributed by atoms with E-state index in [9.17, 15) is 9.90 Å². The third-order valence-electron chi connectivity index (χ3n) is 3.65. The first-order chi connectivity index (χ1) is 9.97. The molecule has 2 heterocycles. The molecule has 1 N–H and O–H groups in total. The average Bonchev–Trinajstić information content (AvgIpc) is 2.94. The van der Waals surface area contributed by atoms with Crippen LogP contribution in [0.25, 0.3) is 10.9 Å². The Morgan fingerprint density at radius 1 is 1.29 bits per heavy atom. The van der Waals surface area contributed by atoms with Crippen LogP contribution in [0.4, 0.5) is 0 Å². The number of carboxylic acid groups (broad SMARTS) is 1. The maximum Gasteiger partial charge on any atom is 0.352 e. The predicted octanol–water partition coefficient (Wildman–Crippen LogP) is 3.07. The maximum atomic E-state index is 11.2. The second kappa shape index (κ2) is 4.96. The van der Waals surface area contributed by atoms with Crippen molar-refractivity contribution in [3.63, 3.8) is 0 Å². The lowest BCUT2D eigenvalue weighted by Gasteiger charge is -2.03. The van der Waals surface area contributed by atoms with Gasteiger partial charge < -0.3 is 9.67 Å². The first-order valence-corrected chi connectivity index (χ1v) is 7.28. The molecule has 0 atom stereocenters. The molecule has 0 unspecified atom stereocenters. The van der Waals surface area contributed by atoms with Crippen molar-refractivity contribution in [2.45, 2.75) is 16.7 Å². The predicted molar refractivity (Wildman–Crippen MR) is 81.9 cm³/mol. The Hall–Kier alpha value is -2.21. The lowest BCUT2D eigenvalue weighted by molar-refractivity contribution is 0.0686. The molecule has 0 fully saturated rings. The molecule has 0 spiro atoms.